The van der Waals surface area contributed by atoms with Crippen LogP contribution in [0.15, 0.2) is 29.8 Å². The summed E-state index contributed by atoms with van der Waals surface area (Å²) in [6.45, 7) is 0. The minimum absolute atomic E-state index is 0.730. The van der Waals surface area contributed by atoms with Crippen LogP contribution in [0.2, 0.25) is 0 Å². The molecule has 0 aromatic carbocycles. The molecule has 0 radical (unpaired) electrons. The second kappa shape index (κ2) is 5.06. The van der Waals surface area contributed by atoms with E-state index in [-0.39, 0.29) is 0 Å². The summed E-state index contributed by atoms with van der Waals surface area (Å²) in [6, 6.07) is 1.88. The number of aromatic nitrogens is 3. The van der Waals surface area contributed by atoms with Crippen LogP contribution in [0, 0.1) is 0 Å². The molecule has 78 valence electrons. The lowest BCUT2D eigenvalue weighted by atomic mass is 10.6. The molecule has 3 N–H and O–H groups in total. The van der Waals surface area contributed by atoms with Crippen molar-refractivity contribution in [3.63, 3.8) is 0 Å². The van der Waals surface area contributed by atoms with E-state index < -0.39 is 0 Å². The van der Waals surface area contributed by atoms with E-state index in [1.54, 1.807) is 35.6 Å². The topological polar surface area (TPSA) is 76.7 Å². The molecule has 2 aromatic heterocycles. The third-order valence-corrected chi connectivity index (χ3v) is 3.70. The molecule has 0 atom stereocenters. The van der Waals surface area contributed by atoms with Gasteiger partial charge in [-0.25, -0.2) is 20.8 Å². The van der Waals surface area contributed by atoms with Gasteiger partial charge in [0.2, 0.25) is 0 Å². The van der Waals surface area contributed by atoms with Crippen LogP contribution in [-0.4, -0.2) is 15.0 Å². The summed E-state index contributed by atoms with van der Waals surface area (Å²) in [5, 5.41) is 1.69. The summed E-state index contributed by atoms with van der Waals surface area (Å²) < 4.78 is 0. The van der Waals surface area contributed by atoms with Gasteiger partial charge in [-0.3, -0.25) is 5.43 Å². The number of thioether (sulfide) groups is 1. The second-order valence-electron chi connectivity index (χ2n) is 2.61. The Balaban J connectivity index is 1.93. The number of hydrazine groups is 1. The standard InChI is InChI=1S/C8H9N5S2/c9-13-8-11-3-6(15-8)4-14-7-1-2-10-5-12-7/h1-3,5H,4,9H2,(H,11,13). The zero-order valence-electron chi connectivity index (χ0n) is 7.75. The fourth-order valence-corrected chi connectivity index (χ4v) is 2.52. The highest BCUT2D eigenvalue weighted by molar-refractivity contribution is 7.98. The van der Waals surface area contributed by atoms with Crippen molar-refractivity contribution in [2.45, 2.75) is 10.8 Å². The number of nitrogens with one attached hydrogen (secondary N) is 1. The van der Waals surface area contributed by atoms with Crippen molar-refractivity contribution >= 4 is 28.2 Å². The van der Waals surface area contributed by atoms with Crippen molar-refractivity contribution < 1.29 is 0 Å². The molecule has 2 aromatic rings. The molecule has 2 rings (SSSR count). The number of hydrogen-bond acceptors (Lipinski definition) is 7. The van der Waals surface area contributed by atoms with Gasteiger partial charge < -0.3 is 0 Å². The summed E-state index contributed by atoms with van der Waals surface area (Å²) in [5.41, 5.74) is 2.52. The maximum absolute atomic E-state index is 5.24. The monoisotopic (exact) mass is 239 g/mol. The minimum Gasteiger partial charge on any atom is -0.300 e. The highest BCUT2D eigenvalue weighted by atomic mass is 32.2. The quantitative estimate of drug-likeness (QED) is 0.364. The number of hydrogen-bond donors (Lipinski definition) is 2. The smallest absolute Gasteiger partial charge is 0.197 e. The van der Waals surface area contributed by atoms with E-state index in [1.807, 2.05) is 12.3 Å². The first-order chi connectivity index (χ1) is 7.38. The predicted molar refractivity (Wildman–Crippen MR) is 61.5 cm³/mol. The first-order valence-corrected chi connectivity index (χ1v) is 5.99. The molecule has 15 heavy (non-hydrogen) atoms. The van der Waals surface area contributed by atoms with Crippen LogP contribution in [-0.2, 0) is 5.75 Å². The van der Waals surface area contributed by atoms with Crippen molar-refractivity contribution in [2.24, 2.45) is 5.84 Å². The van der Waals surface area contributed by atoms with Gasteiger partial charge in [-0.05, 0) is 6.07 Å². The first kappa shape index (κ1) is 10.3. The van der Waals surface area contributed by atoms with Gasteiger partial charge in [-0.1, -0.05) is 0 Å². The largest absolute Gasteiger partial charge is 0.300 e. The predicted octanol–water partition coefficient (Wildman–Crippen LogP) is 1.51. The molecule has 0 unspecified atom stereocenters. The Morgan fingerprint density at radius 3 is 3.07 bits per heavy atom. The lowest BCUT2D eigenvalue weighted by molar-refractivity contribution is 1.05. The zero-order valence-corrected chi connectivity index (χ0v) is 9.38. The average Bonchev–Trinajstić information content (AvgIpc) is 2.76. The molecule has 0 saturated heterocycles. The van der Waals surface area contributed by atoms with Gasteiger partial charge in [0, 0.05) is 23.0 Å². The number of nitrogen functional groups attached to an aromatic ring is 1. The summed E-state index contributed by atoms with van der Waals surface area (Å²) in [5.74, 6) is 6.08. The van der Waals surface area contributed by atoms with Crippen molar-refractivity contribution in [1.82, 2.24) is 15.0 Å². The Kier molecular flexibility index (Phi) is 3.49. The van der Waals surface area contributed by atoms with Gasteiger partial charge >= 0.3 is 0 Å². The number of nitrogens with two attached hydrogens (primary N) is 1. The maximum atomic E-state index is 5.24. The van der Waals surface area contributed by atoms with Gasteiger partial charge in [0.05, 0.1) is 5.03 Å². The Bertz CT molecular complexity index is 416. The van der Waals surface area contributed by atoms with Crippen molar-refractivity contribution in [2.75, 3.05) is 5.43 Å². The lowest BCUT2D eigenvalue weighted by Crippen LogP contribution is -2.05. The highest BCUT2D eigenvalue weighted by Crippen LogP contribution is 2.25. The van der Waals surface area contributed by atoms with Crippen molar-refractivity contribution in [3.05, 3.63) is 29.7 Å². The Morgan fingerprint density at radius 2 is 2.40 bits per heavy atom. The van der Waals surface area contributed by atoms with Crippen molar-refractivity contribution in [1.29, 1.82) is 0 Å². The van der Waals surface area contributed by atoms with Crippen LogP contribution in [0.25, 0.3) is 0 Å². The molecule has 7 heteroatoms. The third kappa shape index (κ3) is 2.88. The molecule has 0 spiro atoms. The van der Waals surface area contributed by atoms with Crippen molar-refractivity contribution in [3.8, 4) is 0 Å². The molecule has 5 nitrogen and oxygen atoms in total. The van der Waals surface area contributed by atoms with Gasteiger partial charge in [-0.2, -0.15) is 0 Å². The van der Waals surface area contributed by atoms with E-state index in [9.17, 15) is 0 Å². The molecule has 2 heterocycles. The van der Waals surface area contributed by atoms with Crippen LogP contribution in [0.5, 0.6) is 0 Å². The fraction of sp³-hybridized carbons (Fsp3) is 0.125. The highest BCUT2D eigenvalue weighted by Gasteiger charge is 2.01. The Hall–Kier alpha value is -1.18. The minimum atomic E-state index is 0.730. The van der Waals surface area contributed by atoms with Crippen LogP contribution in [0.4, 0.5) is 5.13 Å². The summed E-state index contributed by atoms with van der Waals surface area (Å²) in [6.07, 6.45) is 5.09. The van der Waals surface area contributed by atoms with E-state index >= 15 is 0 Å². The summed E-state index contributed by atoms with van der Waals surface area (Å²) in [4.78, 5) is 13.2. The van der Waals surface area contributed by atoms with E-state index in [0.29, 0.717) is 0 Å². The summed E-state index contributed by atoms with van der Waals surface area (Å²) in [7, 11) is 0. The molecule has 0 aliphatic rings. The molecule has 0 saturated carbocycles. The van der Waals surface area contributed by atoms with Gasteiger partial charge in [0.25, 0.3) is 0 Å². The van der Waals surface area contributed by atoms with E-state index in [0.717, 1.165) is 20.8 Å². The van der Waals surface area contributed by atoms with Gasteiger partial charge in [0.1, 0.15) is 6.33 Å². The van der Waals surface area contributed by atoms with Crippen LogP contribution < -0.4 is 11.3 Å². The van der Waals surface area contributed by atoms with Gasteiger partial charge in [0.15, 0.2) is 5.13 Å². The number of thiazole rings is 1. The normalized spacial score (nSPS) is 10.2. The fourth-order valence-electron chi connectivity index (χ4n) is 0.950. The molecular weight excluding hydrogens is 230 g/mol. The Morgan fingerprint density at radius 1 is 1.47 bits per heavy atom. The van der Waals surface area contributed by atoms with Crippen LogP contribution in [0.3, 0.4) is 0 Å². The molecular formula is C8H9N5S2. The number of rotatable bonds is 4. The summed E-state index contributed by atoms with van der Waals surface area (Å²) >= 11 is 3.19. The third-order valence-electron chi connectivity index (χ3n) is 1.59. The average molecular weight is 239 g/mol. The maximum Gasteiger partial charge on any atom is 0.197 e. The van der Waals surface area contributed by atoms with E-state index in [2.05, 4.69) is 20.4 Å². The molecule has 0 amide bonds. The lowest BCUT2D eigenvalue weighted by Gasteiger charge is -1.96. The molecule has 0 aliphatic heterocycles. The van der Waals surface area contributed by atoms with Crippen LogP contribution in [0.1, 0.15) is 4.88 Å². The van der Waals surface area contributed by atoms with E-state index in [4.69, 9.17) is 5.84 Å². The second-order valence-corrected chi connectivity index (χ2v) is 4.72. The number of anilines is 1. The Labute approximate surface area is 95.1 Å². The van der Waals surface area contributed by atoms with E-state index in [1.165, 1.54) is 0 Å². The van der Waals surface area contributed by atoms with Crippen LogP contribution >= 0.6 is 23.1 Å². The SMILES string of the molecule is NNc1ncc(CSc2ccncn2)s1. The molecule has 0 bridgehead atoms. The number of nitrogens with zero attached hydrogens (tertiary/aromatic N) is 3. The zero-order chi connectivity index (χ0) is 10.5. The first-order valence-electron chi connectivity index (χ1n) is 4.18. The van der Waals surface area contributed by atoms with Gasteiger partial charge in [-0.15, -0.1) is 23.1 Å². The molecule has 0 aliphatic carbocycles. The molecule has 0 fully saturated rings.